The van der Waals surface area contributed by atoms with Crippen LogP contribution in [0.25, 0.3) is 0 Å². The fraction of sp³-hybridized carbons (Fsp3) is 0.867. The highest BCUT2D eigenvalue weighted by atomic mass is 16.5. The molecule has 1 atom stereocenters. The minimum atomic E-state index is 0.300. The van der Waals surface area contributed by atoms with E-state index >= 15 is 0 Å². The molecule has 100 valence electrons. The van der Waals surface area contributed by atoms with Gasteiger partial charge in [-0.05, 0) is 36.7 Å². The Kier molecular flexibility index (Phi) is 5.68. The Morgan fingerprint density at radius 2 is 2.12 bits per heavy atom. The number of methoxy groups -OCH3 is 1. The summed E-state index contributed by atoms with van der Waals surface area (Å²) < 4.78 is 11.0. The van der Waals surface area contributed by atoms with Crippen LogP contribution in [0, 0.1) is 11.3 Å². The summed E-state index contributed by atoms with van der Waals surface area (Å²) in [5, 5.41) is 0. The molecule has 1 aliphatic rings. The van der Waals surface area contributed by atoms with Crippen molar-refractivity contribution in [1.29, 1.82) is 0 Å². The molecular weight excluding hydrogens is 212 g/mol. The van der Waals surface area contributed by atoms with Crippen LogP contribution in [-0.2, 0) is 9.47 Å². The second kappa shape index (κ2) is 6.55. The van der Waals surface area contributed by atoms with Crippen molar-refractivity contribution in [2.24, 2.45) is 11.3 Å². The van der Waals surface area contributed by atoms with Gasteiger partial charge in [-0.3, -0.25) is 0 Å². The van der Waals surface area contributed by atoms with Gasteiger partial charge in [-0.1, -0.05) is 32.8 Å². The predicted octanol–water partition coefficient (Wildman–Crippen LogP) is 3.81. The van der Waals surface area contributed by atoms with E-state index in [9.17, 15) is 0 Å². The van der Waals surface area contributed by atoms with Gasteiger partial charge in [-0.2, -0.15) is 0 Å². The lowest BCUT2D eigenvalue weighted by Crippen LogP contribution is -2.41. The maximum absolute atomic E-state index is 5.75. The summed E-state index contributed by atoms with van der Waals surface area (Å²) in [5.41, 5.74) is 3.28. The van der Waals surface area contributed by atoms with E-state index in [2.05, 4.69) is 27.7 Å². The van der Waals surface area contributed by atoms with Crippen LogP contribution in [0.2, 0.25) is 0 Å². The van der Waals surface area contributed by atoms with Gasteiger partial charge in [0.15, 0.2) is 0 Å². The van der Waals surface area contributed by atoms with Crippen LogP contribution in [0.15, 0.2) is 11.1 Å². The molecule has 2 nitrogen and oxygen atoms in total. The Morgan fingerprint density at radius 1 is 1.41 bits per heavy atom. The summed E-state index contributed by atoms with van der Waals surface area (Å²) in [6, 6.07) is 0. The molecule has 0 heterocycles. The lowest BCUT2D eigenvalue weighted by atomic mass is 9.58. The van der Waals surface area contributed by atoms with Gasteiger partial charge in [0.1, 0.15) is 0 Å². The normalized spacial score (nSPS) is 25.6. The molecular formula is C15H28O2. The van der Waals surface area contributed by atoms with E-state index in [1.54, 1.807) is 12.7 Å². The molecule has 2 heteroatoms. The number of hydrogen-bond acceptors (Lipinski definition) is 2. The molecule has 1 aliphatic carbocycles. The minimum absolute atomic E-state index is 0.300. The van der Waals surface area contributed by atoms with E-state index in [0.29, 0.717) is 11.3 Å². The van der Waals surface area contributed by atoms with Gasteiger partial charge in [0.25, 0.3) is 0 Å². The molecule has 1 rings (SSSR count). The zero-order valence-electron chi connectivity index (χ0n) is 12.1. The average Bonchev–Trinajstić information content (AvgIpc) is 2.27. The van der Waals surface area contributed by atoms with Gasteiger partial charge >= 0.3 is 0 Å². The van der Waals surface area contributed by atoms with Crippen LogP contribution in [0.5, 0.6) is 0 Å². The fourth-order valence-corrected chi connectivity index (χ4v) is 2.65. The minimum Gasteiger partial charge on any atom is -0.381 e. The highest BCUT2D eigenvalue weighted by Gasteiger charge is 2.44. The molecule has 0 spiro atoms. The van der Waals surface area contributed by atoms with Crippen LogP contribution in [0.4, 0.5) is 0 Å². The quantitative estimate of drug-likeness (QED) is 0.497. The molecule has 0 aliphatic heterocycles. The second-order valence-electron chi connectivity index (χ2n) is 5.74. The highest BCUT2D eigenvalue weighted by molar-refractivity contribution is 5.29. The van der Waals surface area contributed by atoms with E-state index in [0.717, 1.165) is 19.8 Å². The van der Waals surface area contributed by atoms with Crippen LogP contribution >= 0.6 is 0 Å². The van der Waals surface area contributed by atoms with E-state index in [1.807, 2.05) is 0 Å². The molecule has 1 saturated carbocycles. The van der Waals surface area contributed by atoms with Gasteiger partial charge in [0, 0.05) is 13.7 Å². The zero-order chi connectivity index (χ0) is 12.9. The third-order valence-corrected chi connectivity index (χ3v) is 4.09. The molecule has 0 radical (unpaired) electrons. The molecule has 1 fully saturated rings. The first-order valence-electron chi connectivity index (χ1n) is 6.79. The number of unbranched alkanes of at least 4 members (excludes halogenated alkanes) is 1. The number of ether oxygens (including phenoxy) is 2. The molecule has 0 bridgehead atoms. The van der Waals surface area contributed by atoms with E-state index in [4.69, 9.17) is 9.47 Å². The first kappa shape index (κ1) is 14.7. The third-order valence-electron chi connectivity index (χ3n) is 4.09. The summed E-state index contributed by atoms with van der Waals surface area (Å²) >= 11 is 0. The van der Waals surface area contributed by atoms with Crippen molar-refractivity contribution in [2.75, 3.05) is 26.9 Å². The Bertz CT molecular complexity index is 266. The lowest BCUT2D eigenvalue weighted by Gasteiger charge is -2.48. The summed E-state index contributed by atoms with van der Waals surface area (Å²) in [4.78, 5) is 0. The molecule has 0 saturated heterocycles. The number of allylic oxidation sites excluding steroid dienone is 1. The molecule has 0 aromatic heterocycles. The largest absolute Gasteiger partial charge is 0.381 e. The van der Waals surface area contributed by atoms with E-state index in [1.165, 1.54) is 24.8 Å². The maximum Gasteiger partial charge on any atom is 0.0673 e. The maximum atomic E-state index is 5.75. The summed E-state index contributed by atoms with van der Waals surface area (Å²) in [6.45, 7) is 11.6. The SMILES string of the molecule is CCCCOCC1C/C(=C(/C)COC)C1(C)C. The van der Waals surface area contributed by atoms with Crippen molar-refractivity contribution in [1.82, 2.24) is 0 Å². The van der Waals surface area contributed by atoms with Crippen molar-refractivity contribution < 1.29 is 9.47 Å². The average molecular weight is 240 g/mol. The van der Waals surface area contributed by atoms with Gasteiger partial charge in [-0.15, -0.1) is 0 Å². The van der Waals surface area contributed by atoms with Gasteiger partial charge < -0.3 is 9.47 Å². The van der Waals surface area contributed by atoms with E-state index in [-0.39, 0.29) is 0 Å². The monoisotopic (exact) mass is 240 g/mol. The summed E-state index contributed by atoms with van der Waals surface area (Å²) in [5.74, 6) is 0.682. The van der Waals surface area contributed by atoms with Crippen molar-refractivity contribution in [3.05, 3.63) is 11.1 Å². The van der Waals surface area contributed by atoms with Crippen molar-refractivity contribution in [2.45, 2.75) is 47.0 Å². The van der Waals surface area contributed by atoms with Crippen LogP contribution in [-0.4, -0.2) is 26.9 Å². The lowest BCUT2D eigenvalue weighted by molar-refractivity contribution is 0.0249. The smallest absolute Gasteiger partial charge is 0.0673 e. The molecule has 1 unspecified atom stereocenters. The molecule has 0 amide bonds. The van der Waals surface area contributed by atoms with E-state index < -0.39 is 0 Å². The Balaban J connectivity index is 2.41. The molecule has 0 N–H and O–H groups in total. The Labute approximate surface area is 106 Å². The topological polar surface area (TPSA) is 18.5 Å². The first-order chi connectivity index (χ1) is 8.04. The fourth-order valence-electron chi connectivity index (χ4n) is 2.65. The zero-order valence-corrected chi connectivity index (χ0v) is 12.1. The number of hydrogen-bond donors (Lipinski definition) is 0. The number of rotatable bonds is 7. The Hall–Kier alpha value is -0.340. The summed E-state index contributed by atoms with van der Waals surface area (Å²) in [7, 11) is 1.76. The van der Waals surface area contributed by atoms with Gasteiger partial charge in [0.2, 0.25) is 0 Å². The molecule has 0 aromatic rings. The van der Waals surface area contributed by atoms with Crippen LogP contribution in [0.1, 0.15) is 47.0 Å². The first-order valence-corrected chi connectivity index (χ1v) is 6.79. The van der Waals surface area contributed by atoms with Crippen molar-refractivity contribution >= 4 is 0 Å². The molecule has 17 heavy (non-hydrogen) atoms. The van der Waals surface area contributed by atoms with Crippen molar-refractivity contribution in [3.63, 3.8) is 0 Å². The summed E-state index contributed by atoms with van der Waals surface area (Å²) in [6.07, 6.45) is 3.58. The van der Waals surface area contributed by atoms with Crippen LogP contribution < -0.4 is 0 Å². The van der Waals surface area contributed by atoms with Crippen LogP contribution in [0.3, 0.4) is 0 Å². The standard InChI is InChI=1S/C15H28O2/c1-6-7-8-17-11-13-9-14(15(13,3)4)12(2)10-16-5/h13H,6-11H2,1-5H3/b14-12+. The van der Waals surface area contributed by atoms with Gasteiger partial charge in [0.05, 0.1) is 13.2 Å². The predicted molar refractivity (Wildman–Crippen MR) is 72.2 cm³/mol. The molecule has 0 aromatic carbocycles. The second-order valence-corrected chi connectivity index (χ2v) is 5.74. The Morgan fingerprint density at radius 3 is 2.65 bits per heavy atom. The third kappa shape index (κ3) is 3.56. The van der Waals surface area contributed by atoms with Crippen molar-refractivity contribution in [3.8, 4) is 0 Å². The van der Waals surface area contributed by atoms with Gasteiger partial charge in [-0.25, -0.2) is 0 Å². The highest BCUT2D eigenvalue weighted by Crippen LogP contribution is 2.52.